The molecule has 0 aliphatic heterocycles. The summed E-state index contributed by atoms with van der Waals surface area (Å²) in [6, 6.07) is 0. The summed E-state index contributed by atoms with van der Waals surface area (Å²) in [5.74, 6) is -8.30. The Kier molecular flexibility index (Phi) is 8.53. The van der Waals surface area contributed by atoms with Gasteiger partial charge in [-0.1, -0.05) is 0 Å². The van der Waals surface area contributed by atoms with Crippen LogP contribution >= 0.6 is 0 Å². The summed E-state index contributed by atoms with van der Waals surface area (Å²) >= 11 is 0. The van der Waals surface area contributed by atoms with Crippen molar-refractivity contribution in [3.63, 3.8) is 0 Å². The highest BCUT2D eigenvalue weighted by Crippen LogP contribution is 2.56. The maximum atomic E-state index is 10.7. The molecule has 0 amide bonds. The van der Waals surface area contributed by atoms with E-state index in [2.05, 4.69) is 9.47 Å². The van der Waals surface area contributed by atoms with Crippen LogP contribution in [0.2, 0.25) is 0 Å². The van der Waals surface area contributed by atoms with Crippen LogP contribution in [0.1, 0.15) is 0 Å². The van der Waals surface area contributed by atoms with Gasteiger partial charge in [-0.15, -0.1) is 0 Å². The smallest absolute Gasteiger partial charge is 0.367 e. The number of phenolic OH excluding ortho intramolecular Hbond substituents is 4. The Hall–Kier alpha value is -6.36. The Labute approximate surface area is 204 Å². The van der Waals surface area contributed by atoms with E-state index in [-0.39, 0.29) is 0 Å². The zero-order valence-electron chi connectivity index (χ0n) is 18.2. The lowest BCUT2D eigenvalue weighted by molar-refractivity contribution is -0.407. The predicted molar refractivity (Wildman–Crippen MR) is 113 cm³/mol. The van der Waals surface area contributed by atoms with Crippen molar-refractivity contribution >= 4 is 34.1 Å². The number of aromatic hydroxyl groups is 4. The molecule has 2 aromatic carbocycles. The Morgan fingerprint density at radius 2 is 0.579 bits per heavy atom. The molecule has 0 aromatic heterocycles. The molecule has 0 saturated heterocycles. The van der Waals surface area contributed by atoms with E-state index in [1.807, 2.05) is 0 Å². The molecule has 0 aliphatic rings. The fourth-order valence-corrected chi connectivity index (χ4v) is 2.74. The molecular weight excluding hydrogens is 540 g/mol. The van der Waals surface area contributed by atoms with Crippen LogP contribution in [0.4, 0.5) is 34.1 Å². The van der Waals surface area contributed by atoms with Gasteiger partial charge in [0.1, 0.15) is 0 Å². The summed E-state index contributed by atoms with van der Waals surface area (Å²) in [5, 5.41) is 102. The standard InChI is InChI=1S/2C7H5N3O9/c2*1-19-7-3(9(15)16)5(11)2(8(13)14)6(12)4(7)10(17)18/h2*11-12H,1H3. The van der Waals surface area contributed by atoms with Gasteiger partial charge in [0.2, 0.25) is 0 Å². The van der Waals surface area contributed by atoms with Crippen molar-refractivity contribution in [2.75, 3.05) is 14.2 Å². The lowest BCUT2D eigenvalue weighted by Gasteiger charge is -2.06. The second kappa shape index (κ2) is 10.9. The molecule has 2 aromatic rings. The minimum Gasteiger partial charge on any atom is -0.497 e. The first-order valence-electron chi connectivity index (χ1n) is 8.65. The number of nitro benzene ring substituents is 6. The quantitative estimate of drug-likeness (QED) is 0.268. The van der Waals surface area contributed by atoms with E-state index >= 15 is 0 Å². The normalized spacial score (nSPS) is 9.95. The van der Waals surface area contributed by atoms with Crippen LogP contribution in [0.25, 0.3) is 0 Å². The fourth-order valence-electron chi connectivity index (χ4n) is 2.74. The van der Waals surface area contributed by atoms with Crippen LogP contribution in [0.3, 0.4) is 0 Å². The van der Waals surface area contributed by atoms with Gasteiger partial charge in [-0.25, -0.2) is 0 Å². The highest BCUT2D eigenvalue weighted by atomic mass is 16.7. The molecule has 204 valence electrons. The van der Waals surface area contributed by atoms with Gasteiger partial charge in [0, 0.05) is 0 Å². The molecule has 38 heavy (non-hydrogen) atoms. The van der Waals surface area contributed by atoms with Crippen molar-refractivity contribution in [2.24, 2.45) is 0 Å². The summed E-state index contributed by atoms with van der Waals surface area (Å²) < 4.78 is 8.74. The molecule has 0 bridgehead atoms. The SMILES string of the molecule is COc1c([N+](=O)[O-])c(O)c([N+](=O)[O-])c(O)c1[N+](=O)[O-].COc1c([N+](=O)[O-])c(O)c([N+](=O)[O-])c(O)c1[N+](=O)[O-]. The minimum atomic E-state index is -1.54. The van der Waals surface area contributed by atoms with Crippen LogP contribution in [0.15, 0.2) is 0 Å². The van der Waals surface area contributed by atoms with Gasteiger partial charge in [0.05, 0.1) is 43.8 Å². The predicted octanol–water partition coefficient (Wildman–Crippen LogP) is 1.66. The first-order valence-corrected chi connectivity index (χ1v) is 8.65. The van der Waals surface area contributed by atoms with Gasteiger partial charge in [0.25, 0.3) is 34.5 Å². The van der Waals surface area contributed by atoms with Gasteiger partial charge in [-0.05, 0) is 0 Å². The van der Waals surface area contributed by atoms with Crippen LogP contribution in [-0.4, -0.2) is 64.2 Å². The zero-order chi connectivity index (χ0) is 29.8. The van der Waals surface area contributed by atoms with Crippen LogP contribution in [0, 0.1) is 60.7 Å². The van der Waals surface area contributed by atoms with Crippen molar-refractivity contribution in [3.05, 3.63) is 60.7 Å². The lowest BCUT2D eigenvalue weighted by Crippen LogP contribution is -2.02. The zero-order valence-corrected chi connectivity index (χ0v) is 18.2. The molecule has 0 unspecified atom stereocenters. The van der Waals surface area contributed by atoms with Gasteiger partial charge < -0.3 is 29.9 Å². The number of ether oxygens (including phenoxy) is 2. The first kappa shape index (κ1) is 29.7. The van der Waals surface area contributed by atoms with E-state index < -0.39 is 98.2 Å². The number of methoxy groups -OCH3 is 2. The van der Waals surface area contributed by atoms with Crippen LogP contribution in [-0.2, 0) is 0 Å². The number of rotatable bonds is 8. The van der Waals surface area contributed by atoms with E-state index in [0.29, 0.717) is 0 Å². The highest BCUT2D eigenvalue weighted by Gasteiger charge is 2.45. The molecule has 0 heterocycles. The molecule has 0 spiro atoms. The Bertz CT molecular complexity index is 1220. The third-order valence-corrected chi connectivity index (χ3v) is 4.16. The Balaban J connectivity index is 0.000000380. The van der Waals surface area contributed by atoms with E-state index in [9.17, 15) is 81.1 Å². The number of hydrogen-bond acceptors (Lipinski definition) is 18. The minimum absolute atomic E-state index is 0.806. The number of hydrogen-bond donors (Lipinski definition) is 4. The van der Waals surface area contributed by atoms with E-state index in [0.717, 1.165) is 14.2 Å². The average molecular weight is 550 g/mol. The molecule has 0 saturated carbocycles. The summed E-state index contributed by atoms with van der Waals surface area (Å²) in [7, 11) is 1.61. The maximum Gasteiger partial charge on any atom is 0.367 e. The van der Waals surface area contributed by atoms with E-state index in [4.69, 9.17) is 0 Å². The number of nitrogens with zero attached hydrogens (tertiary/aromatic N) is 6. The Morgan fingerprint density at radius 3 is 0.684 bits per heavy atom. The van der Waals surface area contributed by atoms with Crippen LogP contribution in [0.5, 0.6) is 34.5 Å². The maximum absolute atomic E-state index is 10.7. The van der Waals surface area contributed by atoms with Crippen molar-refractivity contribution in [2.45, 2.75) is 0 Å². The lowest BCUT2D eigenvalue weighted by atomic mass is 10.2. The second-order valence-electron chi connectivity index (χ2n) is 6.10. The molecule has 4 N–H and O–H groups in total. The number of benzene rings is 2. The topological polar surface area (TPSA) is 358 Å². The van der Waals surface area contributed by atoms with Crippen molar-refractivity contribution in [1.82, 2.24) is 0 Å². The van der Waals surface area contributed by atoms with Crippen molar-refractivity contribution in [3.8, 4) is 34.5 Å². The van der Waals surface area contributed by atoms with Crippen molar-refractivity contribution in [1.29, 1.82) is 0 Å². The highest BCUT2D eigenvalue weighted by molar-refractivity contribution is 5.82. The monoisotopic (exact) mass is 550 g/mol. The van der Waals surface area contributed by atoms with Gasteiger partial charge in [0.15, 0.2) is 0 Å². The van der Waals surface area contributed by atoms with Gasteiger partial charge >= 0.3 is 34.1 Å². The summed E-state index contributed by atoms with van der Waals surface area (Å²) in [6.07, 6.45) is 0. The van der Waals surface area contributed by atoms with E-state index in [1.165, 1.54) is 0 Å². The Morgan fingerprint density at radius 1 is 0.421 bits per heavy atom. The molecule has 0 atom stereocenters. The third kappa shape index (κ3) is 5.01. The van der Waals surface area contributed by atoms with Crippen LogP contribution < -0.4 is 9.47 Å². The molecule has 0 aliphatic carbocycles. The molecule has 24 nitrogen and oxygen atoms in total. The second-order valence-corrected chi connectivity index (χ2v) is 6.10. The molecule has 0 radical (unpaired) electrons. The van der Waals surface area contributed by atoms with Crippen molar-refractivity contribution < 1.29 is 59.4 Å². The van der Waals surface area contributed by atoms with Gasteiger partial charge in [-0.2, -0.15) is 0 Å². The molecule has 2 rings (SSSR count). The molecule has 0 fully saturated rings. The summed E-state index contributed by atoms with van der Waals surface area (Å²) in [5.41, 5.74) is -8.59. The molecule has 24 heteroatoms. The first-order chi connectivity index (χ1) is 17.5. The summed E-state index contributed by atoms with van der Waals surface area (Å²) in [6.45, 7) is 0. The fraction of sp³-hybridized carbons (Fsp3) is 0.143. The molecular formula is C14H10N6O18. The van der Waals surface area contributed by atoms with E-state index in [1.54, 1.807) is 0 Å². The number of nitro groups is 6. The number of phenols is 4. The van der Waals surface area contributed by atoms with Gasteiger partial charge in [-0.3, -0.25) is 60.7 Å². The third-order valence-electron chi connectivity index (χ3n) is 4.16. The largest absolute Gasteiger partial charge is 0.497 e. The average Bonchev–Trinajstić information content (AvgIpc) is 2.76. The summed E-state index contributed by atoms with van der Waals surface area (Å²) in [4.78, 5) is 56.0.